The molecule has 1 aromatic carbocycles. The third-order valence-corrected chi connectivity index (χ3v) is 3.27. The first-order valence-electron chi connectivity index (χ1n) is 5.30. The van der Waals surface area contributed by atoms with Crippen molar-refractivity contribution in [1.29, 1.82) is 0 Å². The highest BCUT2D eigenvalue weighted by Crippen LogP contribution is 2.23. The van der Waals surface area contributed by atoms with E-state index in [2.05, 4.69) is 10.3 Å². The molecule has 6 nitrogen and oxygen atoms in total. The molecule has 0 bridgehead atoms. The minimum atomic E-state index is -0.378. The normalized spacial score (nSPS) is 10.3. The first kappa shape index (κ1) is 12.8. The molecule has 0 unspecified atom stereocenters. The molecule has 18 heavy (non-hydrogen) atoms. The van der Waals surface area contributed by atoms with Crippen LogP contribution in [-0.4, -0.2) is 21.0 Å². The smallest absolute Gasteiger partial charge is 0.282 e. The van der Waals surface area contributed by atoms with Gasteiger partial charge in [0.25, 0.3) is 5.69 Å². The standard InChI is InChI=1S/C11H11IN4O2/c12-10-7-9(1-2-11(10)16(17)18)14-4-6-15-5-3-13-8-15/h1-3,5,7-8,14H,4,6H2. The van der Waals surface area contributed by atoms with Crippen LogP contribution in [0.5, 0.6) is 0 Å². The fourth-order valence-electron chi connectivity index (χ4n) is 1.51. The van der Waals surface area contributed by atoms with Gasteiger partial charge >= 0.3 is 0 Å². The average Bonchev–Trinajstić information content (AvgIpc) is 2.81. The quantitative estimate of drug-likeness (QED) is 0.507. The Hall–Kier alpha value is -1.64. The number of hydrogen-bond donors (Lipinski definition) is 1. The number of aromatic nitrogens is 2. The maximum atomic E-state index is 10.7. The van der Waals surface area contributed by atoms with E-state index in [0.717, 1.165) is 18.8 Å². The third-order valence-electron chi connectivity index (χ3n) is 2.40. The molecule has 94 valence electrons. The van der Waals surface area contributed by atoms with Crippen LogP contribution in [-0.2, 0) is 6.54 Å². The van der Waals surface area contributed by atoms with E-state index in [4.69, 9.17) is 0 Å². The zero-order chi connectivity index (χ0) is 13.0. The van der Waals surface area contributed by atoms with E-state index >= 15 is 0 Å². The Morgan fingerprint density at radius 3 is 2.94 bits per heavy atom. The Bertz CT molecular complexity index is 542. The fraction of sp³-hybridized carbons (Fsp3) is 0.182. The molecule has 7 heteroatoms. The lowest BCUT2D eigenvalue weighted by Gasteiger charge is -2.07. The number of rotatable bonds is 5. The number of imidazole rings is 1. The molecule has 0 aliphatic rings. The van der Waals surface area contributed by atoms with Crippen LogP contribution in [0.15, 0.2) is 36.9 Å². The van der Waals surface area contributed by atoms with Gasteiger partial charge in [0.15, 0.2) is 0 Å². The Labute approximate surface area is 117 Å². The Kier molecular flexibility index (Phi) is 4.13. The second-order valence-corrected chi connectivity index (χ2v) is 4.81. The Morgan fingerprint density at radius 1 is 1.50 bits per heavy atom. The largest absolute Gasteiger partial charge is 0.383 e. The number of anilines is 1. The first-order valence-corrected chi connectivity index (χ1v) is 6.38. The van der Waals surface area contributed by atoms with Crippen molar-refractivity contribution in [3.63, 3.8) is 0 Å². The summed E-state index contributed by atoms with van der Waals surface area (Å²) in [7, 11) is 0. The van der Waals surface area contributed by atoms with Crippen molar-refractivity contribution in [1.82, 2.24) is 9.55 Å². The molecule has 1 aromatic heterocycles. The summed E-state index contributed by atoms with van der Waals surface area (Å²) in [6.07, 6.45) is 5.37. The molecule has 0 fully saturated rings. The van der Waals surface area contributed by atoms with Crippen molar-refractivity contribution < 1.29 is 4.92 Å². The monoisotopic (exact) mass is 358 g/mol. The summed E-state index contributed by atoms with van der Waals surface area (Å²) in [5, 5.41) is 13.9. The van der Waals surface area contributed by atoms with Gasteiger partial charge < -0.3 is 9.88 Å². The molecule has 0 radical (unpaired) electrons. The van der Waals surface area contributed by atoms with E-state index in [-0.39, 0.29) is 10.6 Å². The predicted molar refractivity (Wildman–Crippen MR) is 76.5 cm³/mol. The van der Waals surface area contributed by atoms with Crippen LogP contribution in [0.3, 0.4) is 0 Å². The van der Waals surface area contributed by atoms with Crippen LogP contribution in [0.2, 0.25) is 0 Å². The van der Waals surface area contributed by atoms with Crippen molar-refractivity contribution in [2.45, 2.75) is 6.54 Å². The van der Waals surface area contributed by atoms with E-state index in [1.807, 2.05) is 33.4 Å². The van der Waals surface area contributed by atoms with E-state index in [9.17, 15) is 10.1 Å². The molecule has 0 aliphatic heterocycles. The maximum Gasteiger partial charge on any atom is 0.282 e. The second-order valence-electron chi connectivity index (χ2n) is 3.65. The number of benzene rings is 1. The summed E-state index contributed by atoms with van der Waals surface area (Å²) >= 11 is 1.97. The highest BCUT2D eigenvalue weighted by atomic mass is 127. The Balaban J connectivity index is 1.94. The van der Waals surface area contributed by atoms with Gasteiger partial charge in [0.05, 0.1) is 14.8 Å². The van der Waals surface area contributed by atoms with Crippen LogP contribution in [0.4, 0.5) is 11.4 Å². The van der Waals surface area contributed by atoms with E-state index in [1.54, 1.807) is 24.7 Å². The van der Waals surface area contributed by atoms with Crippen molar-refractivity contribution in [2.75, 3.05) is 11.9 Å². The lowest BCUT2D eigenvalue weighted by Crippen LogP contribution is -2.09. The van der Waals surface area contributed by atoms with Crippen molar-refractivity contribution >= 4 is 34.0 Å². The molecule has 0 saturated heterocycles. The number of hydrogen-bond acceptors (Lipinski definition) is 4. The van der Waals surface area contributed by atoms with E-state index in [0.29, 0.717) is 3.57 Å². The number of nitrogens with one attached hydrogen (secondary N) is 1. The molecule has 0 spiro atoms. The number of nitro groups is 1. The van der Waals surface area contributed by atoms with Gasteiger partial charge in [-0.15, -0.1) is 0 Å². The molecular weight excluding hydrogens is 347 g/mol. The number of halogens is 1. The molecular formula is C11H11IN4O2. The van der Waals surface area contributed by atoms with Crippen LogP contribution in [0, 0.1) is 13.7 Å². The summed E-state index contributed by atoms with van der Waals surface area (Å²) in [6, 6.07) is 5.00. The number of nitro benzene ring substituents is 1. The molecule has 1 N–H and O–H groups in total. The van der Waals surface area contributed by atoms with Crippen LogP contribution in [0.1, 0.15) is 0 Å². The second kappa shape index (κ2) is 5.80. The van der Waals surface area contributed by atoms with Gasteiger partial charge in [0.1, 0.15) is 0 Å². The van der Waals surface area contributed by atoms with Gasteiger partial charge in [-0.3, -0.25) is 10.1 Å². The predicted octanol–water partition coefficient (Wildman–Crippen LogP) is 2.51. The summed E-state index contributed by atoms with van der Waals surface area (Å²) < 4.78 is 2.59. The molecule has 0 saturated carbocycles. The number of nitrogens with zero attached hydrogens (tertiary/aromatic N) is 3. The van der Waals surface area contributed by atoms with Gasteiger partial charge in [0, 0.05) is 37.2 Å². The minimum Gasteiger partial charge on any atom is -0.383 e. The fourth-order valence-corrected chi connectivity index (χ4v) is 2.23. The van der Waals surface area contributed by atoms with Gasteiger partial charge in [-0.25, -0.2) is 4.98 Å². The topological polar surface area (TPSA) is 73.0 Å². The van der Waals surface area contributed by atoms with Crippen molar-refractivity contribution in [3.8, 4) is 0 Å². The molecule has 0 aliphatic carbocycles. The van der Waals surface area contributed by atoms with Crippen LogP contribution in [0.25, 0.3) is 0 Å². The van der Waals surface area contributed by atoms with Crippen LogP contribution < -0.4 is 5.32 Å². The molecule has 2 aromatic rings. The lowest BCUT2D eigenvalue weighted by atomic mass is 10.3. The zero-order valence-corrected chi connectivity index (χ0v) is 11.6. The van der Waals surface area contributed by atoms with Crippen molar-refractivity contribution in [3.05, 3.63) is 50.6 Å². The minimum absolute atomic E-state index is 0.135. The SMILES string of the molecule is O=[N+]([O-])c1ccc(NCCn2ccnc2)cc1I. The first-order chi connectivity index (χ1) is 8.66. The highest BCUT2D eigenvalue weighted by Gasteiger charge is 2.10. The highest BCUT2D eigenvalue weighted by molar-refractivity contribution is 14.1. The van der Waals surface area contributed by atoms with E-state index in [1.165, 1.54) is 6.07 Å². The maximum absolute atomic E-state index is 10.7. The molecule has 0 atom stereocenters. The van der Waals surface area contributed by atoms with Gasteiger partial charge in [-0.1, -0.05) is 0 Å². The molecule has 0 amide bonds. The molecule has 1 heterocycles. The summed E-state index contributed by atoms with van der Waals surface area (Å²) in [6.45, 7) is 1.54. The Morgan fingerprint density at radius 2 is 2.33 bits per heavy atom. The van der Waals surface area contributed by atoms with E-state index < -0.39 is 0 Å². The average molecular weight is 358 g/mol. The van der Waals surface area contributed by atoms with Gasteiger partial charge in [0.2, 0.25) is 0 Å². The summed E-state index contributed by atoms with van der Waals surface area (Å²) in [5.74, 6) is 0. The van der Waals surface area contributed by atoms with Crippen LogP contribution >= 0.6 is 22.6 Å². The zero-order valence-electron chi connectivity index (χ0n) is 9.41. The molecule has 2 rings (SSSR count). The van der Waals surface area contributed by atoms with Gasteiger partial charge in [-0.05, 0) is 34.7 Å². The summed E-state index contributed by atoms with van der Waals surface area (Å²) in [5.41, 5.74) is 1.01. The third kappa shape index (κ3) is 3.19. The van der Waals surface area contributed by atoms with Crippen molar-refractivity contribution in [2.24, 2.45) is 0 Å². The van der Waals surface area contributed by atoms with Gasteiger partial charge in [-0.2, -0.15) is 0 Å². The lowest BCUT2D eigenvalue weighted by molar-refractivity contribution is -0.385. The summed E-state index contributed by atoms with van der Waals surface area (Å²) in [4.78, 5) is 14.2.